The van der Waals surface area contributed by atoms with Crippen molar-refractivity contribution in [3.8, 4) is 11.3 Å². The number of hydrogen-bond donors (Lipinski definition) is 1. The Morgan fingerprint density at radius 1 is 0.902 bits per heavy atom. The van der Waals surface area contributed by atoms with Gasteiger partial charge in [-0.3, -0.25) is 9.69 Å². The molecule has 0 bridgehead atoms. The molecule has 1 fully saturated rings. The van der Waals surface area contributed by atoms with Crippen molar-refractivity contribution in [2.24, 2.45) is 0 Å². The van der Waals surface area contributed by atoms with E-state index in [1.807, 2.05) is 18.2 Å². The number of nitrogens with zero attached hydrogens (tertiary/aromatic N) is 2. The van der Waals surface area contributed by atoms with E-state index in [2.05, 4.69) is 27.2 Å². The van der Waals surface area contributed by atoms with Crippen LogP contribution in [0.15, 0.2) is 89.3 Å². The summed E-state index contributed by atoms with van der Waals surface area (Å²) in [7, 11) is 1.28. The first kappa shape index (κ1) is 28.0. The number of benzene rings is 3. The molecule has 0 spiro atoms. The van der Waals surface area contributed by atoms with E-state index in [1.54, 1.807) is 18.2 Å². The number of rotatable bonds is 7. The number of anilines is 2. The zero-order valence-electron chi connectivity index (χ0n) is 22.3. The zero-order chi connectivity index (χ0) is 29.0. The summed E-state index contributed by atoms with van der Waals surface area (Å²) in [5, 5.41) is 2.82. The third kappa shape index (κ3) is 6.60. The average molecular weight is 564 g/mol. The zero-order valence-corrected chi connectivity index (χ0v) is 22.3. The molecule has 1 N–H and O–H groups in total. The maximum absolute atomic E-state index is 13.2. The molecule has 1 amide bonds. The quantitative estimate of drug-likeness (QED) is 0.265. The van der Waals surface area contributed by atoms with Gasteiger partial charge in [-0.2, -0.15) is 13.2 Å². The molecule has 5 rings (SSSR count). The van der Waals surface area contributed by atoms with E-state index in [0.29, 0.717) is 18.8 Å². The van der Waals surface area contributed by atoms with Crippen LogP contribution in [0, 0.1) is 0 Å². The number of furan rings is 1. The maximum atomic E-state index is 13.2. The Bertz CT molecular complexity index is 1530. The van der Waals surface area contributed by atoms with Gasteiger partial charge >= 0.3 is 12.1 Å². The van der Waals surface area contributed by atoms with Gasteiger partial charge in [-0.1, -0.05) is 42.5 Å². The highest BCUT2D eigenvalue weighted by atomic mass is 19.4. The molecule has 1 aliphatic heterocycles. The van der Waals surface area contributed by atoms with Gasteiger partial charge in [0.2, 0.25) is 0 Å². The van der Waals surface area contributed by atoms with E-state index < -0.39 is 23.6 Å². The molecule has 2 heterocycles. The first-order chi connectivity index (χ1) is 19.7. The van der Waals surface area contributed by atoms with Gasteiger partial charge in [-0.15, -0.1) is 0 Å². The summed E-state index contributed by atoms with van der Waals surface area (Å²) < 4.78 is 49.9. The number of piperazine rings is 1. The van der Waals surface area contributed by atoms with E-state index in [0.717, 1.165) is 37.5 Å². The molecule has 0 unspecified atom stereocenters. The monoisotopic (exact) mass is 563 g/mol. The van der Waals surface area contributed by atoms with Crippen LogP contribution < -0.4 is 10.2 Å². The second-order valence-corrected chi connectivity index (χ2v) is 9.67. The summed E-state index contributed by atoms with van der Waals surface area (Å²) in [6.07, 6.45) is -4.50. The first-order valence-electron chi connectivity index (χ1n) is 13.0. The van der Waals surface area contributed by atoms with Crippen LogP contribution in [0.2, 0.25) is 0 Å². The minimum atomic E-state index is -4.50. The summed E-state index contributed by atoms with van der Waals surface area (Å²) >= 11 is 0. The van der Waals surface area contributed by atoms with Crippen LogP contribution >= 0.6 is 0 Å². The number of carbonyl (C=O) groups excluding carboxylic acids is 2. The van der Waals surface area contributed by atoms with Gasteiger partial charge < -0.3 is 19.4 Å². The number of esters is 1. The fraction of sp³-hybridized carbons (Fsp3) is 0.226. The SMILES string of the molecule is COC(=O)c1ccc(N2CCN(Cc3ccccc3)CC2)c(NC(=O)c2ccc(-c3cccc(C(F)(F)F)c3)o2)c1. The van der Waals surface area contributed by atoms with E-state index in [4.69, 9.17) is 9.15 Å². The number of hydrogen-bond acceptors (Lipinski definition) is 6. The van der Waals surface area contributed by atoms with Crippen molar-refractivity contribution < 1.29 is 31.9 Å². The molecule has 10 heteroatoms. The van der Waals surface area contributed by atoms with Crippen molar-refractivity contribution in [2.45, 2.75) is 12.7 Å². The number of alkyl halides is 3. The Morgan fingerprint density at radius 2 is 1.66 bits per heavy atom. The van der Waals surface area contributed by atoms with Crippen LogP contribution in [0.5, 0.6) is 0 Å². The number of carbonyl (C=O) groups is 2. The van der Waals surface area contributed by atoms with Gasteiger partial charge in [0.25, 0.3) is 5.91 Å². The van der Waals surface area contributed by atoms with Crippen molar-refractivity contribution in [2.75, 3.05) is 43.5 Å². The summed E-state index contributed by atoms with van der Waals surface area (Å²) in [5.41, 5.74) is 2.00. The van der Waals surface area contributed by atoms with Crippen molar-refractivity contribution in [1.29, 1.82) is 0 Å². The van der Waals surface area contributed by atoms with Crippen LogP contribution in [-0.2, 0) is 17.5 Å². The largest absolute Gasteiger partial charge is 0.465 e. The third-order valence-corrected chi connectivity index (χ3v) is 6.93. The van der Waals surface area contributed by atoms with Crippen LogP contribution in [0.25, 0.3) is 11.3 Å². The summed E-state index contributed by atoms with van der Waals surface area (Å²) in [4.78, 5) is 29.9. The molecular formula is C31H28F3N3O4. The topological polar surface area (TPSA) is 75.0 Å². The minimum absolute atomic E-state index is 0.0838. The van der Waals surface area contributed by atoms with E-state index in [9.17, 15) is 22.8 Å². The second kappa shape index (κ2) is 11.9. The molecule has 1 saturated heterocycles. The van der Waals surface area contributed by atoms with Crippen molar-refractivity contribution in [3.63, 3.8) is 0 Å². The van der Waals surface area contributed by atoms with Gasteiger partial charge in [0.05, 0.1) is 29.6 Å². The lowest BCUT2D eigenvalue weighted by atomic mass is 10.1. The van der Waals surface area contributed by atoms with Crippen molar-refractivity contribution in [3.05, 3.63) is 107 Å². The highest BCUT2D eigenvalue weighted by molar-refractivity contribution is 6.05. The molecule has 0 saturated carbocycles. The molecule has 0 aliphatic carbocycles. The van der Waals surface area contributed by atoms with Crippen LogP contribution in [0.3, 0.4) is 0 Å². The average Bonchev–Trinajstić information content (AvgIpc) is 3.48. The van der Waals surface area contributed by atoms with Crippen LogP contribution in [0.1, 0.15) is 32.0 Å². The molecule has 212 valence electrons. The molecule has 41 heavy (non-hydrogen) atoms. The van der Waals surface area contributed by atoms with Crippen molar-refractivity contribution >= 4 is 23.3 Å². The van der Waals surface area contributed by atoms with Gasteiger partial charge in [0, 0.05) is 38.3 Å². The molecule has 0 atom stereocenters. The number of ether oxygens (including phenoxy) is 1. The van der Waals surface area contributed by atoms with Gasteiger partial charge in [-0.25, -0.2) is 4.79 Å². The highest BCUT2D eigenvalue weighted by Gasteiger charge is 2.31. The van der Waals surface area contributed by atoms with Gasteiger partial charge in [0.1, 0.15) is 5.76 Å². The Kier molecular flexibility index (Phi) is 8.11. The van der Waals surface area contributed by atoms with E-state index >= 15 is 0 Å². The highest BCUT2D eigenvalue weighted by Crippen LogP contribution is 2.33. The molecule has 4 aromatic rings. The summed E-state index contributed by atoms with van der Waals surface area (Å²) in [6, 6.07) is 22.7. The lowest BCUT2D eigenvalue weighted by Crippen LogP contribution is -2.46. The Morgan fingerprint density at radius 3 is 2.37 bits per heavy atom. The second-order valence-electron chi connectivity index (χ2n) is 9.67. The molecule has 3 aromatic carbocycles. The molecule has 7 nitrogen and oxygen atoms in total. The Hall–Kier alpha value is -4.57. The smallest absolute Gasteiger partial charge is 0.416 e. The number of nitrogens with one attached hydrogen (secondary N) is 1. The number of halogens is 3. The predicted octanol–water partition coefficient (Wildman–Crippen LogP) is 6.33. The lowest BCUT2D eigenvalue weighted by molar-refractivity contribution is -0.137. The van der Waals surface area contributed by atoms with Crippen LogP contribution in [0.4, 0.5) is 24.5 Å². The number of amides is 1. The first-order valence-corrected chi connectivity index (χ1v) is 13.0. The van der Waals surface area contributed by atoms with E-state index in [1.165, 1.54) is 36.9 Å². The van der Waals surface area contributed by atoms with Crippen molar-refractivity contribution in [1.82, 2.24) is 4.90 Å². The summed E-state index contributed by atoms with van der Waals surface area (Å²) in [6.45, 7) is 3.85. The molecule has 1 aliphatic rings. The normalized spacial score (nSPS) is 14.1. The standard InChI is InChI=1S/C31H28F3N3O4/c1-40-30(39)23-10-11-26(37-16-14-36(15-17-37)20-21-6-3-2-4-7-21)25(19-23)35-29(38)28-13-12-27(41-28)22-8-5-9-24(18-22)31(32,33)34/h2-13,18-19H,14-17,20H2,1H3,(H,35,38). The van der Waals surface area contributed by atoms with Gasteiger partial charge in [-0.05, 0) is 48.0 Å². The molecular weight excluding hydrogens is 535 g/mol. The Balaban J connectivity index is 1.34. The van der Waals surface area contributed by atoms with E-state index in [-0.39, 0.29) is 22.6 Å². The maximum Gasteiger partial charge on any atom is 0.416 e. The molecule has 0 radical (unpaired) electrons. The lowest BCUT2D eigenvalue weighted by Gasteiger charge is -2.37. The van der Waals surface area contributed by atoms with Crippen LogP contribution in [-0.4, -0.2) is 50.1 Å². The third-order valence-electron chi connectivity index (χ3n) is 6.93. The number of methoxy groups -OCH3 is 1. The minimum Gasteiger partial charge on any atom is -0.465 e. The summed E-state index contributed by atoms with van der Waals surface area (Å²) in [5.74, 6) is -1.11. The predicted molar refractivity (Wildman–Crippen MR) is 149 cm³/mol. The molecule has 1 aromatic heterocycles. The fourth-order valence-corrected chi connectivity index (χ4v) is 4.79. The van der Waals surface area contributed by atoms with Gasteiger partial charge in [0.15, 0.2) is 5.76 Å². The Labute approximate surface area is 235 Å². The fourth-order valence-electron chi connectivity index (χ4n) is 4.79.